The first-order valence-electron chi connectivity index (χ1n) is 8.24. The van der Waals surface area contributed by atoms with Gasteiger partial charge in [-0.3, -0.25) is 9.59 Å². The molecule has 0 atom stereocenters. The first-order chi connectivity index (χ1) is 11.9. The molecule has 2 N–H and O–H groups in total. The highest BCUT2D eigenvalue weighted by molar-refractivity contribution is 6.31. The molecule has 0 fully saturated rings. The van der Waals surface area contributed by atoms with Gasteiger partial charge in [0.1, 0.15) is 0 Å². The number of rotatable bonds is 6. The predicted molar refractivity (Wildman–Crippen MR) is 102 cm³/mol. The van der Waals surface area contributed by atoms with Crippen LogP contribution < -0.4 is 10.6 Å². The van der Waals surface area contributed by atoms with Crippen molar-refractivity contribution in [3.05, 3.63) is 63.7 Å². The molecule has 0 aromatic heterocycles. The molecule has 0 unspecified atom stereocenters. The quantitative estimate of drug-likeness (QED) is 0.821. The maximum absolute atomic E-state index is 12.1. The van der Waals surface area contributed by atoms with Gasteiger partial charge in [0.05, 0.1) is 6.54 Å². The number of hydrogen-bond donors (Lipinski definition) is 2. The van der Waals surface area contributed by atoms with Crippen LogP contribution in [0.15, 0.2) is 36.4 Å². The minimum atomic E-state index is -0.235. The molecule has 0 aliphatic carbocycles. The van der Waals surface area contributed by atoms with Gasteiger partial charge in [0.15, 0.2) is 0 Å². The second-order valence-corrected chi connectivity index (χ2v) is 6.60. The molecule has 0 saturated heterocycles. The Labute approximate surface area is 153 Å². The van der Waals surface area contributed by atoms with Crippen LogP contribution in [0.1, 0.15) is 28.7 Å². The minimum absolute atomic E-state index is 0.0475. The summed E-state index contributed by atoms with van der Waals surface area (Å²) >= 11 is 6.07. The third kappa shape index (κ3) is 5.61. The van der Waals surface area contributed by atoms with Crippen LogP contribution in [-0.2, 0) is 16.0 Å². The number of anilines is 1. The second-order valence-electron chi connectivity index (χ2n) is 6.19. The molecule has 0 radical (unpaired) electrons. The number of nitrogens with one attached hydrogen (secondary N) is 2. The number of carbonyl (C=O) groups excluding carboxylic acids is 2. The summed E-state index contributed by atoms with van der Waals surface area (Å²) in [5.74, 6) is -0.409. The van der Waals surface area contributed by atoms with E-state index in [9.17, 15) is 9.59 Å². The van der Waals surface area contributed by atoms with Gasteiger partial charge in [0.2, 0.25) is 11.8 Å². The summed E-state index contributed by atoms with van der Waals surface area (Å²) < 4.78 is 0. The molecular formula is C20H23ClN2O2. The average molecular weight is 359 g/mol. The number of amides is 2. The molecule has 25 heavy (non-hydrogen) atoms. The lowest BCUT2D eigenvalue weighted by atomic mass is 10.1. The molecule has 2 rings (SSSR count). The third-order valence-corrected chi connectivity index (χ3v) is 4.34. The third-order valence-electron chi connectivity index (χ3n) is 3.97. The number of benzene rings is 2. The summed E-state index contributed by atoms with van der Waals surface area (Å²) in [6.07, 6.45) is 0.836. The van der Waals surface area contributed by atoms with Gasteiger partial charge in [-0.05, 0) is 49.9 Å². The lowest BCUT2D eigenvalue weighted by molar-refractivity contribution is -0.124. The van der Waals surface area contributed by atoms with E-state index < -0.39 is 0 Å². The normalized spacial score (nSPS) is 10.4. The van der Waals surface area contributed by atoms with Crippen molar-refractivity contribution in [2.24, 2.45) is 0 Å². The van der Waals surface area contributed by atoms with Crippen molar-refractivity contribution in [3.8, 4) is 0 Å². The molecule has 2 aromatic rings. The molecular weight excluding hydrogens is 336 g/mol. The SMILES string of the molecule is Cc1cc(C)c(NC(=O)CNC(=O)CCc2ccccc2Cl)c(C)c1. The smallest absolute Gasteiger partial charge is 0.243 e. The topological polar surface area (TPSA) is 58.2 Å². The number of aryl methyl sites for hydroxylation is 4. The summed E-state index contributed by atoms with van der Waals surface area (Å²) in [5.41, 5.74) is 4.91. The van der Waals surface area contributed by atoms with Crippen LogP contribution in [0, 0.1) is 20.8 Å². The van der Waals surface area contributed by atoms with Crippen molar-refractivity contribution in [2.45, 2.75) is 33.6 Å². The van der Waals surface area contributed by atoms with Gasteiger partial charge in [-0.1, -0.05) is 47.5 Å². The molecule has 0 aliphatic heterocycles. The van der Waals surface area contributed by atoms with Crippen molar-refractivity contribution in [1.82, 2.24) is 5.32 Å². The zero-order chi connectivity index (χ0) is 18.4. The van der Waals surface area contributed by atoms with Gasteiger partial charge in [-0.15, -0.1) is 0 Å². The average Bonchev–Trinajstić information content (AvgIpc) is 2.55. The Bertz CT molecular complexity index is 764. The van der Waals surface area contributed by atoms with Crippen LogP contribution in [0.25, 0.3) is 0 Å². The van der Waals surface area contributed by atoms with E-state index in [2.05, 4.69) is 10.6 Å². The van der Waals surface area contributed by atoms with E-state index in [1.165, 1.54) is 0 Å². The molecule has 0 spiro atoms. The lowest BCUT2D eigenvalue weighted by Crippen LogP contribution is -2.33. The van der Waals surface area contributed by atoms with E-state index in [1.54, 1.807) is 6.07 Å². The van der Waals surface area contributed by atoms with Crippen molar-refractivity contribution >= 4 is 29.1 Å². The number of hydrogen-bond acceptors (Lipinski definition) is 2. The largest absolute Gasteiger partial charge is 0.347 e. The van der Waals surface area contributed by atoms with Crippen LogP contribution in [0.5, 0.6) is 0 Å². The van der Waals surface area contributed by atoms with E-state index in [0.717, 1.165) is 27.9 Å². The number of carbonyl (C=O) groups is 2. The van der Waals surface area contributed by atoms with Gasteiger partial charge < -0.3 is 10.6 Å². The maximum Gasteiger partial charge on any atom is 0.243 e. The van der Waals surface area contributed by atoms with Gasteiger partial charge in [-0.25, -0.2) is 0 Å². The van der Waals surface area contributed by atoms with E-state index in [4.69, 9.17) is 11.6 Å². The Balaban J connectivity index is 1.82. The van der Waals surface area contributed by atoms with Crippen LogP contribution >= 0.6 is 11.6 Å². The van der Waals surface area contributed by atoms with Gasteiger partial charge in [-0.2, -0.15) is 0 Å². The van der Waals surface area contributed by atoms with Gasteiger partial charge >= 0.3 is 0 Å². The molecule has 0 aliphatic rings. The Kier molecular flexibility index (Phi) is 6.59. The molecule has 0 heterocycles. The van der Waals surface area contributed by atoms with E-state index in [1.807, 2.05) is 51.1 Å². The summed E-state index contributed by atoms with van der Waals surface area (Å²) in [6.45, 7) is 5.88. The highest BCUT2D eigenvalue weighted by Crippen LogP contribution is 2.21. The molecule has 4 nitrogen and oxygen atoms in total. The zero-order valence-electron chi connectivity index (χ0n) is 14.8. The first kappa shape index (κ1) is 19.0. The summed E-state index contributed by atoms with van der Waals surface area (Å²) in [4.78, 5) is 24.0. The molecule has 5 heteroatoms. The second kappa shape index (κ2) is 8.67. The van der Waals surface area contributed by atoms with Crippen LogP contribution in [0.4, 0.5) is 5.69 Å². The Hall–Kier alpha value is -2.33. The Morgan fingerprint density at radius 2 is 1.64 bits per heavy atom. The van der Waals surface area contributed by atoms with Crippen LogP contribution in [0.3, 0.4) is 0 Å². The fourth-order valence-corrected chi connectivity index (χ4v) is 3.01. The van der Waals surface area contributed by atoms with Crippen molar-refractivity contribution in [3.63, 3.8) is 0 Å². The first-order valence-corrected chi connectivity index (χ1v) is 8.62. The molecule has 2 amide bonds. The van der Waals surface area contributed by atoms with Crippen LogP contribution in [0.2, 0.25) is 5.02 Å². The van der Waals surface area contributed by atoms with Crippen molar-refractivity contribution in [1.29, 1.82) is 0 Å². The van der Waals surface area contributed by atoms with Crippen molar-refractivity contribution in [2.75, 3.05) is 11.9 Å². The summed E-state index contributed by atoms with van der Waals surface area (Å²) in [7, 11) is 0. The highest BCUT2D eigenvalue weighted by atomic mass is 35.5. The lowest BCUT2D eigenvalue weighted by Gasteiger charge is -2.13. The Morgan fingerprint density at radius 1 is 1.00 bits per heavy atom. The minimum Gasteiger partial charge on any atom is -0.347 e. The predicted octanol–water partition coefficient (Wildman–Crippen LogP) is 3.95. The monoisotopic (exact) mass is 358 g/mol. The maximum atomic E-state index is 12.1. The van der Waals surface area contributed by atoms with E-state index in [-0.39, 0.29) is 18.4 Å². The van der Waals surface area contributed by atoms with Crippen molar-refractivity contribution < 1.29 is 9.59 Å². The number of halogens is 1. The fourth-order valence-electron chi connectivity index (χ4n) is 2.78. The molecule has 2 aromatic carbocycles. The molecule has 132 valence electrons. The van der Waals surface area contributed by atoms with Gasteiger partial charge in [0.25, 0.3) is 0 Å². The van der Waals surface area contributed by atoms with Crippen LogP contribution in [-0.4, -0.2) is 18.4 Å². The summed E-state index contributed by atoms with van der Waals surface area (Å²) in [5, 5.41) is 6.17. The van der Waals surface area contributed by atoms with E-state index in [0.29, 0.717) is 17.9 Å². The van der Waals surface area contributed by atoms with E-state index >= 15 is 0 Å². The zero-order valence-corrected chi connectivity index (χ0v) is 15.5. The fraction of sp³-hybridized carbons (Fsp3) is 0.300. The van der Waals surface area contributed by atoms with Gasteiger partial charge in [0, 0.05) is 17.1 Å². The molecule has 0 saturated carbocycles. The Morgan fingerprint density at radius 3 is 2.28 bits per heavy atom. The standard InChI is InChI=1S/C20H23ClN2O2/c1-13-10-14(2)20(15(3)11-13)23-19(25)12-22-18(24)9-8-16-6-4-5-7-17(16)21/h4-7,10-11H,8-9,12H2,1-3H3,(H,22,24)(H,23,25). The molecule has 0 bridgehead atoms. The summed E-state index contributed by atoms with van der Waals surface area (Å²) in [6, 6.07) is 11.5. The highest BCUT2D eigenvalue weighted by Gasteiger charge is 2.10.